The molecule has 3 heterocycles. The Labute approximate surface area is 171 Å². The van der Waals surface area contributed by atoms with Crippen molar-refractivity contribution in [3.05, 3.63) is 91.0 Å². The molecule has 0 unspecified atom stereocenters. The van der Waals surface area contributed by atoms with E-state index in [2.05, 4.69) is 100 Å². The van der Waals surface area contributed by atoms with Gasteiger partial charge in [0.2, 0.25) is 0 Å². The van der Waals surface area contributed by atoms with Gasteiger partial charge in [0.05, 0.1) is 22.1 Å². The van der Waals surface area contributed by atoms with Crippen molar-refractivity contribution in [2.24, 2.45) is 0 Å². The molecule has 5 aromatic carbocycles. The fourth-order valence-corrected chi connectivity index (χ4v) is 5.63. The number of para-hydroxylation sites is 3. The van der Waals surface area contributed by atoms with Crippen molar-refractivity contribution in [2.45, 2.75) is 0 Å². The van der Waals surface area contributed by atoms with Gasteiger partial charge in [-0.05, 0) is 17.5 Å². The summed E-state index contributed by atoms with van der Waals surface area (Å²) in [5.74, 6) is 0. The second-order valence-electron chi connectivity index (χ2n) is 8.27. The average molecular weight is 380 g/mol. The van der Waals surface area contributed by atoms with Crippen LogP contribution in [0.1, 0.15) is 0 Å². The van der Waals surface area contributed by atoms with Gasteiger partial charge in [0.1, 0.15) is 0 Å². The highest BCUT2D eigenvalue weighted by Gasteiger charge is 2.20. The molecule has 0 fully saturated rings. The number of hydrogen-bond donors (Lipinski definition) is 1. The van der Waals surface area contributed by atoms with Crippen LogP contribution in [0.2, 0.25) is 0 Å². The topological polar surface area (TPSA) is 20.2 Å². The van der Waals surface area contributed by atoms with Crippen LogP contribution in [0, 0.1) is 0 Å². The SMILES string of the molecule is c1ccc2c(c1)[nH]c1c2ccc2ccc3c4cccc5c6ccccc6n(c54)c3c21. The zero-order valence-electron chi connectivity index (χ0n) is 16.1. The Morgan fingerprint density at radius 1 is 0.500 bits per heavy atom. The number of aromatic amines is 1. The molecule has 0 aliphatic rings. The normalized spacial score (nSPS) is 12.7. The van der Waals surface area contributed by atoms with Crippen LogP contribution in [0.4, 0.5) is 0 Å². The highest BCUT2D eigenvalue weighted by atomic mass is 14.9. The standard InChI is InChI=1S/C28H16N2/c1-3-10-23-17(6-1)19-14-12-16-13-15-22-21-9-5-8-20-18-7-2-4-11-24(18)30(27(20)21)28(22)25(16)26(19)29-23/h1-15,29H. The van der Waals surface area contributed by atoms with Crippen LogP contribution < -0.4 is 0 Å². The molecule has 2 heteroatoms. The van der Waals surface area contributed by atoms with Gasteiger partial charge in [-0.2, -0.15) is 0 Å². The molecular formula is C28H16N2. The van der Waals surface area contributed by atoms with E-state index in [-0.39, 0.29) is 0 Å². The zero-order chi connectivity index (χ0) is 19.4. The molecule has 0 saturated carbocycles. The third-order valence-electron chi connectivity index (χ3n) is 6.84. The lowest BCUT2D eigenvalue weighted by Crippen LogP contribution is -1.84. The molecule has 138 valence electrons. The molecule has 0 radical (unpaired) electrons. The summed E-state index contributed by atoms with van der Waals surface area (Å²) in [6.45, 7) is 0. The molecule has 0 saturated heterocycles. The summed E-state index contributed by atoms with van der Waals surface area (Å²) in [5, 5.41) is 10.4. The summed E-state index contributed by atoms with van der Waals surface area (Å²) in [7, 11) is 0. The van der Waals surface area contributed by atoms with Gasteiger partial charge in [0.25, 0.3) is 0 Å². The van der Waals surface area contributed by atoms with Crippen molar-refractivity contribution in [1.82, 2.24) is 9.38 Å². The van der Waals surface area contributed by atoms with Crippen molar-refractivity contribution >= 4 is 70.7 Å². The lowest BCUT2D eigenvalue weighted by molar-refractivity contribution is 1.38. The van der Waals surface area contributed by atoms with Gasteiger partial charge in [0, 0.05) is 43.2 Å². The summed E-state index contributed by atoms with van der Waals surface area (Å²) in [6, 6.07) is 33.2. The lowest BCUT2D eigenvalue weighted by Gasteiger charge is -2.05. The van der Waals surface area contributed by atoms with Crippen LogP contribution in [0.15, 0.2) is 91.0 Å². The maximum Gasteiger partial charge on any atom is 0.0641 e. The van der Waals surface area contributed by atoms with E-state index in [1.165, 1.54) is 70.7 Å². The zero-order valence-corrected chi connectivity index (χ0v) is 16.1. The maximum atomic E-state index is 3.74. The Balaban J connectivity index is 1.78. The van der Waals surface area contributed by atoms with Crippen LogP contribution in [-0.4, -0.2) is 9.38 Å². The molecule has 8 rings (SSSR count). The van der Waals surface area contributed by atoms with E-state index >= 15 is 0 Å². The number of H-pyrrole nitrogens is 1. The smallest absolute Gasteiger partial charge is 0.0641 e. The van der Waals surface area contributed by atoms with Gasteiger partial charge in [-0.25, -0.2) is 0 Å². The molecule has 1 N–H and O–H groups in total. The number of nitrogens with zero attached hydrogens (tertiary/aromatic N) is 1. The van der Waals surface area contributed by atoms with Crippen molar-refractivity contribution in [2.75, 3.05) is 0 Å². The molecule has 0 bridgehead atoms. The number of benzene rings is 5. The van der Waals surface area contributed by atoms with E-state index < -0.39 is 0 Å². The summed E-state index contributed by atoms with van der Waals surface area (Å²) in [5.41, 5.74) is 6.32. The molecule has 0 spiro atoms. The monoisotopic (exact) mass is 380 g/mol. The molecule has 2 nitrogen and oxygen atoms in total. The van der Waals surface area contributed by atoms with Crippen molar-refractivity contribution in [3.8, 4) is 0 Å². The van der Waals surface area contributed by atoms with E-state index in [1.54, 1.807) is 0 Å². The Bertz CT molecular complexity index is 1940. The largest absolute Gasteiger partial charge is 0.354 e. The van der Waals surface area contributed by atoms with Gasteiger partial charge < -0.3 is 9.38 Å². The van der Waals surface area contributed by atoms with Crippen molar-refractivity contribution in [3.63, 3.8) is 0 Å². The summed E-state index contributed by atoms with van der Waals surface area (Å²) >= 11 is 0. The van der Waals surface area contributed by atoms with Crippen LogP contribution in [0.3, 0.4) is 0 Å². The first kappa shape index (κ1) is 14.9. The van der Waals surface area contributed by atoms with Gasteiger partial charge in [-0.1, -0.05) is 78.9 Å². The van der Waals surface area contributed by atoms with E-state index in [4.69, 9.17) is 0 Å². The number of nitrogens with one attached hydrogen (secondary N) is 1. The summed E-state index contributed by atoms with van der Waals surface area (Å²) in [4.78, 5) is 3.74. The van der Waals surface area contributed by atoms with Gasteiger partial charge in [-0.3, -0.25) is 0 Å². The van der Waals surface area contributed by atoms with Gasteiger partial charge >= 0.3 is 0 Å². The van der Waals surface area contributed by atoms with Crippen molar-refractivity contribution < 1.29 is 0 Å². The molecule has 0 aliphatic carbocycles. The predicted molar refractivity (Wildman–Crippen MR) is 128 cm³/mol. The number of fused-ring (bicyclic) bond motifs is 12. The molecular weight excluding hydrogens is 364 g/mol. The Hall–Kier alpha value is -4.04. The fourth-order valence-electron chi connectivity index (χ4n) is 5.63. The van der Waals surface area contributed by atoms with Crippen molar-refractivity contribution in [1.29, 1.82) is 0 Å². The Morgan fingerprint density at radius 3 is 2.07 bits per heavy atom. The Kier molecular flexibility index (Phi) is 2.44. The minimum Gasteiger partial charge on any atom is -0.354 e. The first-order valence-corrected chi connectivity index (χ1v) is 10.4. The highest BCUT2D eigenvalue weighted by Crippen LogP contribution is 2.43. The third-order valence-corrected chi connectivity index (χ3v) is 6.84. The minimum atomic E-state index is 1.19. The molecule has 0 aliphatic heterocycles. The van der Waals surface area contributed by atoms with Crippen LogP contribution >= 0.6 is 0 Å². The average Bonchev–Trinajstić information content (AvgIpc) is 3.45. The van der Waals surface area contributed by atoms with E-state index in [0.717, 1.165) is 0 Å². The molecule has 3 aromatic heterocycles. The van der Waals surface area contributed by atoms with Gasteiger partial charge in [0.15, 0.2) is 0 Å². The third kappa shape index (κ3) is 1.56. The van der Waals surface area contributed by atoms with Crippen LogP contribution in [-0.2, 0) is 0 Å². The maximum absolute atomic E-state index is 3.74. The van der Waals surface area contributed by atoms with E-state index in [1.807, 2.05) is 0 Å². The molecule has 30 heavy (non-hydrogen) atoms. The fraction of sp³-hybridized carbons (Fsp3) is 0. The van der Waals surface area contributed by atoms with Crippen LogP contribution in [0.5, 0.6) is 0 Å². The number of aromatic nitrogens is 2. The predicted octanol–water partition coefficient (Wildman–Crippen LogP) is 7.62. The van der Waals surface area contributed by atoms with E-state index in [9.17, 15) is 0 Å². The molecule has 0 atom stereocenters. The second kappa shape index (κ2) is 4.92. The Morgan fingerprint density at radius 2 is 1.17 bits per heavy atom. The minimum absolute atomic E-state index is 1.19. The highest BCUT2D eigenvalue weighted by molar-refractivity contribution is 6.31. The lowest BCUT2D eigenvalue weighted by atomic mass is 10.0. The summed E-state index contributed by atoms with van der Waals surface area (Å²) in [6.07, 6.45) is 0. The molecule has 8 aromatic rings. The van der Waals surface area contributed by atoms with E-state index in [0.29, 0.717) is 0 Å². The van der Waals surface area contributed by atoms with Gasteiger partial charge in [-0.15, -0.1) is 0 Å². The first-order valence-electron chi connectivity index (χ1n) is 10.4. The second-order valence-corrected chi connectivity index (χ2v) is 8.27. The first-order chi connectivity index (χ1) is 14.9. The summed E-state index contributed by atoms with van der Waals surface area (Å²) < 4.78 is 2.49. The quantitative estimate of drug-likeness (QED) is 0.279. The molecule has 0 amide bonds. The number of hydrogen-bond acceptors (Lipinski definition) is 0. The van der Waals surface area contributed by atoms with Crippen LogP contribution in [0.25, 0.3) is 70.7 Å². The number of rotatable bonds is 0.